The molecular weight excluding hydrogens is 460 g/mol. The van der Waals surface area contributed by atoms with Crippen molar-refractivity contribution in [2.75, 3.05) is 7.11 Å². The van der Waals surface area contributed by atoms with Gasteiger partial charge in [-0.2, -0.15) is 0 Å². The van der Waals surface area contributed by atoms with E-state index in [1.54, 1.807) is 7.11 Å². The van der Waals surface area contributed by atoms with Crippen molar-refractivity contribution in [1.29, 1.82) is 0 Å². The van der Waals surface area contributed by atoms with E-state index in [4.69, 9.17) is 9.47 Å². The third kappa shape index (κ3) is 5.56. The summed E-state index contributed by atoms with van der Waals surface area (Å²) < 4.78 is 11.8. The minimum Gasteiger partial charge on any atom is -0.497 e. The topological polar surface area (TPSA) is 58.9 Å². The van der Waals surface area contributed by atoms with Crippen LogP contribution in [-0.2, 0) is 12.2 Å². The van der Waals surface area contributed by atoms with Gasteiger partial charge >= 0.3 is 0 Å². The Morgan fingerprint density at radius 3 is 1.70 bits per heavy atom. The Hall–Kier alpha value is -3.60. The molecule has 0 saturated heterocycles. The SMILES string of the molecule is COc1ccc(C(O)(c2ccc(CO)cc2)c2cc(C(C)C)ccc2Oc2ccc(C(C)C)cc2)cc1. The zero-order chi connectivity index (χ0) is 26.6. The van der Waals surface area contributed by atoms with Gasteiger partial charge in [0, 0.05) is 5.56 Å². The highest BCUT2D eigenvalue weighted by molar-refractivity contribution is 5.55. The number of ether oxygens (including phenoxy) is 2. The smallest absolute Gasteiger partial charge is 0.144 e. The van der Waals surface area contributed by atoms with Gasteiger partial charge in [-0.05, 0) is 76.1 Å². The van der Waals surface area contributed by atoms with Crippen molar-refractivity contribution in [3.8, 4) is 17.2 Å². The minimum atomic E-state index is -1.52. The summed E-state index contributed by atoms with van der Waals surface area (Å²) in [5.74, 6) is 2.67. The van der Waals surface area contributed by atoms with E-state index in [0.29, 0.717) is 39.9 Å². The number of methoxy groups -OCH3 is 1. The highest BCUT2D eigenvalue weighted by Crippen LogP contribution is 2.44. The Bertz CT molecular complexity index is 1260. The number of rotatable bonds is 9. The van der Waals surface area contributed by atoms with E-state index in [-0.39, 0.29) is 12.5 Å². The molecule has 0 aliphatic carbocycles. The van der Waals surface area contributed by atoms with E-state index in [1.165, 1.54) is 5.56 Å². The highest BCUT2D eigenvalue weighted by atomic mass is 16.5. The van der Waals surface area contributed by atoms with Crippen LogP contribution < -0.4 is 9.47 Å². The lowest BCUT2D eigenvalue weighted by molar-refractivity contribution is 0.122. The van der Waals surface area contributed by atoms with E-state index in [9.17, 15) is 10.2 Å². The van der Waals surface area contributed by atoms with Gasteiger partial charge in [0.05, 0.1) is 13.7 Å². The molecule has 4 aromatic carbocycles. The van der Waals surface area contributed by atoms with E-state index < -0.39 is 5.60 Å². The lowest BCUT2D eigenvalue weighted by Crippen LogP contribution is -2.29. The largest absolute Gasteiger partial charge is 0.497 e. The van der Waals surface area contributed by atoms with Gasteiger partial charge in [0.2, 0.25) is 0 Å². The van der Waals surface area contributed by atoms with Crippen molar-refractivity contribution in [3.05, 3.63) is 124 Å². The maximum Gasteiger partial charge on any atom is 0.144 e. The van der Waals surface area contributed by atoms with Gasteiger partial charge in [-0.15, -0.1) is 0 Å². The van der Waals surface area contributed by atoms with Crippen molar-refractivity contribution in [3.63, 3.8) is 0 Å². The lowest BCUT2D eigenvalue weighted by Gasteiger charge is -2.32. The number of hydrogen-bond donors (Lipinski definition) is 2. The predicted molar refractivity (Wildman–Crippen MR) is 149 cm³/mol. The minimum absolute atomic E-state index is 0.0647. The summed E-state index contributed by atoms with van der Waals surface area (Å²) in [6, 6.07) is 29.0. The van der Waals surface area contributed by atoms with Crippen LogP contribution in [0.2, 0.25) is 0 Å². The maximum atomic E-state index is 12.7. The molecule has 0 aliphatic rings. The summed E-state index contributed by atoms with van der Waals surface area (Å²) in [5, 5.41) is 22.2. The van der Waals surface area contributed by atoms with Crippen LogP contribution in [0.15, 0.2) is 91.0 Å². The third-order valence-electron chi connectivity index (χ3n) is 6.90. The quantitative estimate of drug-likeness (QED) is 0.235. The van der Waals surface area contributed by atoms with E-state index in [0.717, 1.165) is 11.1 Å². The summed E-state index contributed by atoms with van der Waals surface area (Å²) in [6.45, 7) is 8.52. The summed E-state index contributed by atoms with van der Waals surface area (Å²) >= 11 is 0. The van der Waals surface area contributed by atoms with Crippen LogP contribution >= 0.6 is 0 Å². The molecule has 0 saturated carbocycles. The fraction of sp³-hybridized carbons (Fsp3) is 0.273. The van der Waals surface area contributed by atoms with Crippen molar-refractivity contribution >= 4 is 0 Å². The van der Waals surface area contributed by atoms with Crippen molar-refractivity contribution in [1.82, 2.24) is 0 Å². The second kappa shape index (κ2) is 11.2. The normalized spacial score (nSPS) is 13.0. The van der Waals surface area contributed by atoms with Gasteiger partial charge in [-0.25, -0.2) is 0 Å². The zero-order valence-electron chi connectivity index (χ0n) is 22.2. The molecule has 0 heterocycles. The zero-order valence-corrected chi connectivity index (χ0v) is 22.2. The number of hydrogen-bond acceptors (Lipinski definition) is 4. The molecular formula is C33H36O4. The van der Waals surface area contributed by atoms with Gasteiger partial charge in [-0.3, -0.25) is 0 Å². The van der Waals surface area contributed by atoms with Gasteiger partial charge in [0.25, 0.3) is 0 Å². The molecule has 37 heavy (non-hydrogen) atoms. The Morgan fingerprint density at radius 2 is 1.19 bits per heavy atom. The van der Waals surface area contributed by atoms with Gasteiger partial charge in [-0.1, -0.05) is 82.3 Å². The van der Waals surface area contributed by atoms with E-state index in [2.05, 4.69) is 45.9 Å². The molecule has 0 radical (unpaired) electrons. The molecule has 0 aromatic heterocycles. The van der Waals surface area contributed by atoms with E-state index >= 15 is 0 Å². The molecule has 4 aromatic rings. The highest BCUT2D eigenvalue weighted by Gasteiger charge is 2.37. The maximum absolute atomic E-state index is 12.7. The Kier molecular flexibility index (Phi) is 8.01. The third-order valence-corrected chi connectivity index (χ3v) is 6.90. The van der Waals surface area contributed by atoms with Gasteiger partial charge < -0.3 is 19.7 Å². The standard InChI is InChI=1S/C33H36O4/c1-22(2)25-8-15-30(16-9-25)37-32-19-10-26(23(3)4)20-31(32)33(35,27-11-6-24(21-34)7-12-27)28-13-17-29(36-5)18-14-28/h6-20,22-23,34-35H,21H2,1-5H3. The number of benzene rings is 4. The molecule has 0 fully saturated rings. The molecule has 1 atom stereocenters. The average molecular weight is 497 g/mol. The molecule has 0 amide bonds. The Balaban J connectivity index is 1.91. The van der Waals surface area contributed by atoms with Crippen LogP contribution in [0, 0.1) is 0 Å². The predicted octanol–water partition coefficient (Wildman–Crippen LogP) is 7.51. The molecule has 192 valence electrons. The van der Waals surface area contributed by atoms with E-state index in [1.807, 2.05) is 72.8 Å². The summed E-state index contributed by atoms with van der Waals surface area (Å²) in [5.41, 5.74) is 3.60. The molecule has 2 N–H and O–H groups in total. The first-order valence-electron chi connectivity index (χ1n) is 12.8. The first kappa shape index (κ1) is 26.5. The van der Waals surface area contributed by atoms with Crippen LogP contribution in [0.4, 0.5) is 0 Å². The fourth-order valence-electron chi connectivity index (χ4n) is 4.49. The second-order valence-electron chi connectivity index (χ2n) is 10.0. The Labute approximate surface area is 220 Å². The second-order valence-corrected chi connectivity index (χ2v) is 10.0. The molecule has 0 spiro atoms. The molecule has 4 rings (SSSR count). The monoisotopic (exact) mass is 496 g/mol. The van der Waals surface area contributed by atoms with Crippen LogP contribution in [0.1, 0.15) is 72.9 Å². The van der Waals surface area contributed by atoms with Crippen molar-refractivity contribution < 1.29 is 19.7 Å². The average Bonchev–Trinajstić information content (AvgIpc) is 2.93. The van der Waals surface area contributed by atoms with Crippen molar-refractivity contribution in [2.45, 2.75) is 51.7 Å². The number of aliphatic hydroxyl groups is 2. The lowest BCUT2D eigenvalue weighted by atomic mass is 9.78. The van der Waals surface area contributed by atoms with Crippen LogP contribution in [0.25, 0.3) is 0 Å². The van der Waals surface area contributed by atoms with Crippen LogP contribution in [0.5, 0.6) is 17.2 Å². The molecule has 4 nitrogen and oxygen atoms in total. The molecule has 4 heteroatoms. The number of aliphatic hydroxyl groups excluding tert-OH is 1. The fourth-order valence-corrected chi connectivity index (χ4v) is 4.49. The summed E-state index contributed by atoms with van der Waals surface area (Å²) in [6.07, 6.45) is 0. The first-order chi connectivity index (χ1) is 17.8. The first-order valence-corrected chi connectivity index (χ1v) is 12.8. The molecule has 0 aliphatic heterocycles. The van der Waals surface area contributed by atoms with Crippen LogP contribution in [-0.4, -0.2) is 17.3 Å². The summed E-state index contributed by atoms with van der Waals surface area (Å²) in [7, 11) is 1.62. The van der Waals surface area contributed by atoms with Gasteiger partial charge in [0.1, 0.15) is 22.8 Å². The molecule has 0 bridgehead atoms. The summed E-state index contributed by atoms with van der Waals surface area (Å²) in [4.78, 5) is 0. The van der Waals surface area contributed by atoms with Crippen LogP contribution in [0.3, 0.4) is 0 Å². The van der Waals surface area contributed by atoms with Crippen molar-refractivity contribution in [2.24, 2.45) is 0 Å². The Morgan fingerprint density at radius 1 is 0.676 bits per heavy atom. The van der Waals surface area contributed by atoms with Gasteiger partial charge in [0.15, 0.2) is 0 Å². The molecule has 1 unspecified atom stereocenters.